The Morgan fingerprint density at radius 3 is 2.63 bits per heavy atom. The van der Waals surface area contributed by atoms with Gasteiger partial charge in [-0.3, -0.25) is 11.3 Å². The van der Waals surface area contributed by atoms with E-state index in [9.17, 15) is 0 Å². The van der Waals surface area contributed by atoms with Gasteiger partial charge in [0.15, 0.2) is 0 Å². The molecular formula is C15H26N2O2. The maximum absolute atomic E-state index is 5.78. The molecule has 0 fully saturated rings. The third kappa shape index (κ3) is 5.19. The van der Waals surface area contributed by atoms with Gasteiger partial charge < -0.3 is 9.47 Å². The summed E-state index contributed by atoms with van der Waals surface area (Å²) in [7, 11) is 1.73. The fraction of sp³-hybridized carbons (Fsp3) is 0.600. The lowest BCUT2D eigenvalue weighted by atomic mass is 10.00. The van der Waals surface area contributed by atoms with Gasteiger partial charge in [0.2, 0.25) is 0 Å². The van der Waals surface area contributed by atoms with Gasteiger partial charge in [-0.05, 0) is 32.3 Å². The highest BCUT2D eigenvalue weighted by molar-refractivity contribution is 5.35. The van der Waals surface area contributed by atoms with Gasteiger partial charge in [-0.15, -0.1) is 0 Å². The van der Waals surface area contributed by atoms with E-state index in [1.807, 2.05) is 18.2 Å². The van der Waals surface area contributed by atoms with E-state index >= 15 is 0 Å². The van der Waals surface area contributed by atoms with Crippen molar-refractivity contribution in [3.05, 3.63) is 29.8 Å². The first-order chi connectivity index (χ1) is 9.22. The average Bonchev–Trinajstić information content (AvgIpc) is 2.46. The molecule has 1 rings (SSSR count). The lowest BCUT2D eigenvalue weighted by Crippen LogP contribution is -2.29. The quantitative estimate of drug-likeness (QED) is 0.533. The summed E-state index contributed by atoms with van der Waals surface area (Å²) in [5.41, 5.74) is 3.99. The molecule has 1 aromatic rings. The standard InChI is InChI=1S/C15H26N2O2/c1-4-11-19-15-8-6-5-7-13(15)14(17-16)10-9-12(2)18-3/h5-8,12,14,17H,4,9-11,16H2,1-3H3. The van der Waals surface area contributed by atoms with Crippen LogP contribution in [0.15, 0.2) is 24.3 Å². The molecule has 0 saturated carbocycles. The van der Waals surface area contributed by atoms with E-state index in [1.54, 1.807) is 7.11 Å². The molecule has 4 heteroatoms. The van der Waals surface area contributed by atoms with E-state index in [4.69, 9.17) is 15.3 Å². The molecular weight excluding hydrogens is 240 g/mol. The van der Waals surface area contributed by atoms with E-state index in [-0.39, 0.29) is 12.1 Å². The van der Waals surface area contributed by atoms with Crippen molar-refractivity contribution in [1.82, 2.24) is 5.43 Å². The van der Waals surface area contributed by atoms with Crippen LogP contribution in [0.1, 0.15) is 44.7 Å². The molecule has 4 nitrogen and oxygen atoms in total. The minimum absolute atomic E-state index is 0.0886. The minimum atomic E-state index is 0.0886. The number of ether oxygens (including phenoxy) is 2. The van der Waals surface area contributed by atoms with Gasteiger partial charge in [0.1, 0.15) is 5.75 Å². The number of para-hydroxylation sites is 1. The number of nitrogens with one attached hydrogen (secondary N) is 1. The Morgan fingerprint density at radius 1 is 1.26 bits per heavy atom. The minimum Gasteiger partial charge on any atom is -0.493 e. The first kappa shape index (κ1) is 16.0. The zero-order chi connectivity index (χ0) is 14.1. The molecule has 0 aliphatic heterocycles. The Labute approximate surface area is 116 Å². The number of hydrazine groups is 1. The monoisotopic (exact) mass is 266 g/mol. The maximum Gasteiger partial charge on any atom is 0.124 e. The zero-order valence-electron chi connectivity index (χ0n) is 12.2. The summed E-state index contributed by atoms with van der Waals surface area (Å²) in [5.74, 6) is 6.60. The molecule has 0 aliphatic carbocycles. The van der Waals surface area contributed by atoms with Crippen LogP contribution < -0.4 is 16.0 Å². The first-order valence-electron chi connectivity index (χ1n) is 6.93. The van der Waals surface area contributed by atoms with Crippen molar-refractivity contribution >= 4 is 0 Å². The van der Waals surface area contributed by atoms with Crippen molar-refractivity contribution in [2.24, 2.45) is 5.84 Å². The number of nitrogens with two attached hydrogens (primary N) is 1. The summed E-state index contributed by atoms with van der Waals surface area (Å²) in [6.45, 7) is 4.89. The van der Waals surface area contributed by atoms with Crippen LogP contribution >= 0.6 is 0 Å². The summed E-state index contributed by atoms with van der Waals surface area (Å²) in [6, 6.07) is 8.14. The highest BCUT2D eigenvalue weighted by Crippen LogP contribution is 2.28. The molecule has 0 spiro atoms. The number of methoxy groups -OCH3 is 1. The van der Waals surface area contributed by atoms with Crippen LogP contribution in [0.3, 0.4) is 0 Å². The molecule has 108 valence electrons. The summed E-state index contributed by atoms with van der Waals surface area (Å²) < 4.78 is 11.1. The largest absolute Gasteiger partial charge is 0.493 e. The van der Waals surface area contributed by atoms with Gasteiger partial charge in [-0.2, -0.15) is 0 Å². The number of hydrogen-bond acceptors (Lipinski definition) is 4. The predicted octanol–water partition coefficient (Wildman–Crippen LogP) is 2.79. The average molecular weight is 266 g/mol. The third-order valence-corrected chi connectivity index (χ3v) is 3.22. The van der Waals surface area contributed by atoms with Crippen molar-refractivity contribution in [3.63, 3.8) is 0 Å². The van der Waals surface area contributed by atoms with Crippen LogP contribution in [-0.4, -0.2) is 19.8 Å². The van der Waals surface area contributed by atoms with E-state index in [1.165, 1.54) is 0 Å². The molecule has 0 aliphatic rings. The van der Waals surface area contributed by atoms with Crippen LogP contribution in [0.2, 0.25) is 0 Å². The second-order valence-corrected chi connectivity index (χ2v) is 4.73. The Bertz CT molecular complexity index is 358. The van der Waals surface area contributed by atoms with Gasteiger partial charge in [-0.25, -0.2) is 0 Å². The molecule has 0 aromatic heterocycles. The van der Waals surface area contributed by atoms with Crippen LogP contribution in [0.4, 0.5) is 0 Å². The van der Waals surface area contributed by atoms with Crippen molar-refractivity contribution in [2.75, 3.05) is 13.7 Å². The van der Waals surface area contributed by atoms with Crippen molar-refractivity contribution in [1.29, 1.82) is 0 Å². The summed E-state index contributed by atoms with van der Waals surface area (Å²) in [6.07, 6.45) is 3.10. The van der Waals surface area contributed by atoms with Gasteiger partial charge in [0.25, 0.3) is 0 Å². The zero-order valence-corrected chi connectivity index (χ0v) is 12.2. The molecule has 2 atom stereocenters. The second-order valence-electron chi connectivity index (χ2n) is 4.73. The van der Waals surface area contributed by atoms with Crippen molar-refractivity contribution in [3.8, 4) is 5.75 Å². The smallest absolute Gasteiger partial charge is 0.124 e. The van der Waals surface area contributed by atoms with Crippen LogP contribution in [0.25, 0.3) is 0 Å². The fourth-order valence-electron chi connectivity index (χ4n) is 1.96. The summed E-state index contributed by atoms with van der Waals surface area (Å²) in [5, 5.41) is 0. The van der Waals surface area contributed by atoms with Crippen LogP contribution in [0.5, 0.6) is 5.75 Å². The van der Waals surface area contributed by atoms with Gasteiger partial charge in [0, 0.05) is 18.7 Å². The van der Waals surface area contributed by atoms with Crippen LogP contribution in [-0.2, 0) is 4.74 Å². The molecule has 19 heavy (non-hydrogen) atoms. The molecule has 1 aromatic carbocycles. The Morgan fingerprint density at radius 2 is 2.00 bits per heavy atom. The van der Waals surface area contributed by atoms with E-state index in [0.717, 1.165) is 37.2 Å². The van der Waals surface area contributed by atoms with Gasteiger partial charge in [0.05, 0.1) is 12.7 Å². The lowest BCUT2D eigenvalue weighted by molar-refractivity contribution is 0.106. The highest BCUT2D eigenvalue weighted by atomic mass is 16.5. The van der Waals surface area contributed by atoms with Crippen molar-refractivity contribution < 1.29 is 9.47 Å². The number of hydrogen-bond donors (Lipinski definition) is 2. The Kier molecular flexibility index (Phi) is 7.48. The summed E-state index contributed by atoms with van der Waals surface area (Å²) >= 11 is 0. The molecule has 0 radical (unpaired) electrons. The van der Waals surface area contributed by atoms with Gasteiger partial charge >= 0.3 is 0 Å². The maximum atomic E-state index is 5.78. The van der Waals surface area contributed by atoms with Gasteiger partial charge in [-0.1, -0.05) is 25.1 Å². The predicted molar refractivity (Wildman–Crippen MR) is 78.0 cm³/mol. The molecule has 0 amide bonds. The second kappa shape index (κ2) is 8.91. The van der Waals surface area contributed by atoms with E-state index in [0.29, 0.717) is 0 Å². The molecule has 0 heterocycles. The lowest BCUT2D eigenvalue weighted by Gasteiger charge is -2.21. The normalized spacial score (nSPS) is 14.1. The number of benzene rings is 1. The number of rotatable bonds is 9. The molecule has 0 saturated heterocycles. The third-order valence-electron chi connectivity index (χ3n) is 3.22. The molecule has 2 unspecified atom stereocenters. The topological polar surface area (TPSA) is 56.5 Å². The van der Waals surface area contributed by atoms with E-state index < -0.39 is 0 Å². The fourth-order valence-corrected chi connectivity index (χ4v) is 1.96. The Balaban J connectivity index is 2.73. The first-order valence-corrected chi connectivity index (χ1v) is 6.93. The van der Waals surface area contributed by atoms with Crippen molar-refractivity contribution in [2.45, 2.75) is 45.3 Å². The summed E-state index contributed by atoms with van der Waals surface area (Å²) in [4.78, 5) is 0. The van der Waals surface area contributed by atoms with E-state index in [2.05, 4.69) is 25.3 Å². The van der Waals surface area contributed by atoms with Crippen LogP contribution in [0, 0.1) is 0 Å². The molecule has 3 N–H and O–H groups in total. The SMILES string of the molecule is CCCOc1ccccc1C(CCC(C)OC)NN. The Hall–Kier alpha value is -1.10. The highest BCUT2D eigenvalue weighted by Gasteiger charge is 2.15. The molecule has 0 bridgehead atoms.